The molecule has 1 fully saturated rings. The summed E-state index contributed by atoms with van der Waals surface area (Å²) in [6, 6.07) is 12.7. The van der Waals surface area contributed by atoms with Crippen LogP contribution < -0.4 is 0 Å². The van der Waals surface area contributed by atoms with Gasteiger partial charge in [0.15, 0.2) is 9.84 Å². The van der Waals surface area contributed by atoms with Crippen molar-refractivity contribution in [1.82, 2.24) is 4.90 Å². The molecule has 1 heterocycles. The van der Waals surface area contributed by atoms with Gasteiger partial charge in [-0.15, -0.1) is 0 Å². The van der Waals surface area contributed by atoms with Crippen molar-refractivity contribution in [1.29, 1.82) is 5.26 Å². The fourth-order valence-corrected chi connectivity index (χ4v) is 9.56. The van der Waals surface area contributed by atoms with Crippen LogP contribution in [0.1, 0.15) is 45.5 Å². The minimum absolute atomic E-state index is 0.0764. The molecule has 232 valence electrons. The second kappa shape index (κ2) is 11.1. The smallest absolute Gasteiger partial charge is 0.334 e. The van der Waals surface area contributed by atoms with Gasteiger partial charge in [0.2, 0.25) is 0 Å². The average molecular weight is 862 g/mol. The molecule has 0 saturated carbocycles. The summed E-state index contributed by atoms with van der Waals surface area (Å²) < 4.78 is 125. The largest absolute Gasteiger partial charge is 0.435 e. The standard InChI is InChI=1S/C29H19F7I2N2O3S/c30-27(28(31,32)33,29(34,35)36)19-4-9-22-16(13-19)3-10-24-26(22,44(42,43)21-7-5-20(37)6-8-21)11-12-40(24)25(41)17-1-2-18(15-39)23(38)14-17/h1-2,4-9,13-14,24H,3,10-12H2/t24-,26-/m1/s1. The Hall–Kier alpha value is -2.46. The number of benzene rings is 3. The van der Waals surface area contributed by atoms with E-state index in [2.05, 4.69) is 0 Å². The molecule has 1 aliphatic heterocycles. The highest BCUT2D eigenvalue weighted by atomic mass is 127. The topological polar surface area (TPSA) is 78.2 Å². The maximum absolute atomic E-state index is 15.0. The molecule has 5 nitrogen and oxygen atoms in total. The van der Waals surface area contributed by atoms with Crippen LogP contribution in [0.2, 0.25) is 0 Å². The van der Waals surface area contributed by atoms with Gasteiger partial charge >= 0.3 is 18.0 Å². The number of carbonyl (C=O) groups is 1. The Morgan fingerprint density at radius 3 is 2.14 bits per heavy atom. The van der Waals surface area contributed by atoms with E-state index in [0.29, 0.717) is 24.8 Å². The molecule has 2 atom stereocenters. The van der Waals surface area contributed by atoms with E-state index >= 15 is 4.39 Å². The minimum Gasteiger partial charge on any atom is -0.334 e. The number of amides is 1. The van der Waals surface area contributed by atoms with Gasteiger partial charge in [0, 0.05) is 24.8 Å². The third-order valence-corrected chi connectivity index (χ3v) is 12.4. The third-order valence-electron chi connectivity index (χ3n) is 8.27. The predicted octanol–water partition coefficient (Wildman–Crippen LogP) is 7.59. The lowest BCUT2D eigenvalue weighted by Gasteiger charge is -2.43. The number of rotatable bonds is 4. The summed E-state index contributed by atoms with van der Waals surface area (Å²) in [6.07, 6.45) is -13.2. The Morgan fingerprint density at radius 1 is 0.932 bits per heavy atom. The summed E-state index contributed by atoms with van der Waals surface area (Å²) in [5, 5.41) is 9.25. The van der Waals surface area contributed by atoms with E-state index in [4.69, 9.17) is 0 Å². The van der Waals surface area contributed by atoms with E-state index in [-0.39, 0.29) is 47.4 Å². The van der Waals surface area contributed by atoms with Gasteiger partial charge in [-0.1, -0.05) is 18.2 Å². The van der Waals surface area contributed by atoms with E-state index in [1.807, 2.05) is 51.3 Å². The number of hydrogen-bond donors (Lipinski definition) is 0. The molecular weight excluding hydrogens is 843 g/mol. The molecular formula is C29H19F7I2N2O3S. The van der Waals surface area contributed by atoms with Crippen LogP contribution in [0.25, 0.3) is 0 Å². The first-order chi connectivity index (χ1) is 20.4. The number of hydrogen-bond acceptors (Lipinski definition) is 4. The molecule has 1 amide bonds. The van der Waals surface area contributed by atoms with E-state index < -0.39 is 50.1 Å². The van der Waals surface area contributed by atoms with Gasteiger partial charge in [-0.05, 0) is 118 Å². The first-order valence-electron chi connectivity index (χ1n) is 12.9. The van der Waals surface area contributed by atoms with Gasteiger partial charge in [0.25, 0.3) is 5.91 Å². The fraction of sp³-hybridized carbons (Fsp3) is 0.310. The molecule has 44 heavy (non-hydrogen) atoms. The van der Waals surface area contributed by atoms with E-state index in [0.717, 1.165) is 6.07 Å². The summed E-state index contributed by atoms with van der Waals surface area (Å²) >= 11 is 3.86. The third kappa shape index (κ3) is 4.89. The summed E-state index contributed by atoms with van der Waals surface area (Å²) in [6.45, 7) is -0.0942. The molecule has 0 aromatic heterocycles. The molecule has 0 spiro atoms. The van der Waals surface area contributed by atoms with Crippen molar-refractivity contribution < 1.29 is 43.9 Å². The van der Waals surface area contributed by atoms with Crippen LogP contribution in [0.3, 0.4) is 0 Å². The van der Waals surface area contributed by atoms with Gasteiger partial charge in [-0.3, -0.25) is 4.79 Å². The molecule has 0 unspecified atom stereocenters. The molecule has 3 aromatic carbocycles. The monoisotopic (exact) mass is 862 g/mol. The second-order valence-electron chi connectivity index (χ2n) is 10.5. The molecule has 5 rings (SSSR count). The number of carbonyl (C=O) groups excluding carboxylic acids is 1. The van der Waals surface area contributed by atoms with Crippen LogP contribution in [0.4, 0.5) is 30.7 Å². The lowest BCUT2D eigenvalue weighted by atomic mass is 9.76. The van der Waals surface area contributed by atoms with Gasteiger partial charge < -0.3 is 4.90 Å². The van der Waals surface area contributed by atoms with Crippen molar-refractivity contribution in [3.63, 3.8) is 0 Å². The van der Waals surface area contributed by atoms with Crippen LogP contribution in [0, 0.1) is 18.5 Å². The predicted molar refractivity (Wildman–Crippen MR) is 161 cm³/mol. The van der Waals surface area contributed by atoms with Crippen molar-refractivity contribution in [2.75, 3.05) is 6.54 Å². The molecule has 0 bridgehead atoms. The van der Waals surface area contributed by atoms with Gasteiger partial charge in [0.1, 0.15) is 10.8 Å². The summed E-state index contributed by atoms with van der Waals surface area (Å²) in [7, 11) is -4.44. The van der Waals surface area contributed by atoms with Crippen LogP contribution in [-0.2, 0) is 26.7 Å². The molecule has 2 aliphatic rings. The zero-order valence-corrected chi connectivity index (χ0v) is 27.2. The van der Waals surface area contributed by atoms with Crippen molar-refractivity contribution in [2.45, 2.75) is 53.0 Å². The first-order valence-corrected chi connectivity index (χ1v) is 16.5. The summed E-state index contributed by atoms with van der Waals surface area (Å²) in [5.41, 5.74) is -7.14. The molecule has 0 N–H and O–H groups in total. The van der Waals surface area contributed by atoms with Crippen LogP contribution in [0.15, 0.2) is 65.6 Å². The van der Waals surface area contributed by atoms with Gasteiger partial charge in [0.05, 0.1) is 16.5 Å². The van der Waals surface area contributed by atoms with Crippen molar-refractivity contribution in [3.8, 4) is 6.07 Å². The fourth-order valence-electron chi connectivity index (χ4n) is 6.20. The van der Waals surface area contributed by atoms with Crippen molar-refractivity contribution in [3.05, 3.63) is 95.6 Å². The first kappa shape index (κ1) is 32.9. The maximum atomic E-state index is 15.0. The summed E-state index contributed by atoms with van der Waals surface area (Å²) in [4.78, 5) is 15.0. The normalized spacial score (nSPS) is 20.5. The Balaban J connectivity index is 1.70. The Morgan fingerprint density at radius 2 is 1.57 bits per heavy atom. The highest BCUT2D eigenvalue weighted by Crippen LogP contribution is 2.56. The zero-order valence-electron chi connectivity index (χ0n) is 22.1. The Bertz CT molecular complexity index is 1790. The van der Waals surface area contributed by atoms with Crippen molar-refractivity contribution >= 4 is 60.9 Å². The van der Waals surface area contributed by atoms with E-state index in [1.165, 1.54) is 47.4 Å². The zero-order chi connectivity index (χ0) is 32.5. The lowest BCUT2D eigenvalue weighted by Crippen LogP contribution is -2.53. The number of likely N-dealkylation sites (tertiary alicyclic amines) is 1. The highest BCUT2D eigenvalue weighted by Gasteiger charge is 2.73. The molecule has 15 heteroatoms. The maximum Gasteiger partial charge on any atom is 0.435 e. The molecule has 3 aromatic rings. The molecule has 1 aliphatic carbocycles. The Kier molecular flexibility index (Phi) is 8.31. The number of halogens is 9. The lowest BCUT2D eigenvalue weighted by molar-refractivity contribution is -0.348. The number of nitriles is 1. The van der Waals surface area contributed by atoms with Gasteiger partial charge in [-0.25, -0.2) is 12.8 Å². The number of fused-ring (bicyclic) bond motifs is 3. The van der Waals surface area contributed by atoms with Gasteiger partial charge in [-0.2, -0.15) is 31.6 Å². The Labute approximate surface area is 274 Å². The summed E-state index contributed by atoms with van der Waals surface area (Å²) in [5.74, 6) is -0.547. The van der Waals surface area contributed by atoms with Crippen LogP contribution in [0.5, 0.6) is 0 Å². The van der Waals surface area contributed by atoms with Crippen LogP contribution in [-0.4, -0.2) is 44.2 Å². The quantitative estimate of drug-likeness (QED) is 0.200. The second-order valence-corrected chi connectivity index (χ2v) is 15.1. The highest BCUT2D eigenvalue weighted by molar-refractivity contribution is 14.1. The average Bonchev–Trinajstić information content (AvgIpc) is 3.37. The van der Waals surface area contributed by atoms with E-state index in [1.54, 1.807) is 0 Å². The van der Waals surface area contributed by atoms with Crippen molar-refractivity contribution in [2.24, 2.45) is 0 Å². The van der Waals surface area contributed by atoms with E-state index in [9.17, 15) is 44.8 Å². The molecule has 0 radical (unpaired) electrons. The number of sulfone groups is 1. The minimum atomic E-state index is -6.34. The van der Waals surface area contributed by atoms with Crippen LogP contribution >= 0.6 is 45.2 Å². The number of nitrogens with zero attached hydrogens (tertiary/aromatic N) is 2. The molecule has 1 saturated heterocycles. The SMILES string of the molecule is N#Cc1ccc(C(=O)N2CC[C@@]3(S(=O)(=O)c4ccc(I)cc4)c4ccc(C(F)(C(F)(F)F)C(F)(F)F)cc4CC[C@@H]23)cc1I. The number of aryl methyl sites for hydroxylation is 1. The number of alkyl halides is 7.